The lowest BCUT2D eigenvalue weighted by atomic mass is 10.1. The van der Waals surface area contributed by atoms with Crippen molar-refractivity contribution in [3.63, 3.8) is 0 Å². The van der Waals surface area contributed by atoms with Gasteiger partial charge in [-0.25, -0.2) is 14.5 Å². The van der Waals surface area contributed by atoms with Gasteiger partial charge in [-0.05, 0) is 16.0 Å². The van der Waals surface area contributed by atoms with Gasteiger partial charge in [-0.3, -0.25) is 4.79 Å². The fourth-order valence-corrected chi connectivity index (χ4v) is 3.16. The zero-order valence-corrected chi connectivity index (χ0v) is 14.5. The quantitative estimate of drug-likeness (QED) is 0.604. The minimum Gasteiger partial charge on any atom is -0.476 e. The summed E-state index contributed by atoms with van der Waals surface area (Å²) in [7, 11) is 0. The Morgan fingerprint density at radius 3 is 2.73 bits per heavy atom. The average molecular weight is 372 g/mol. The lowest BCUT2D eigenvalue weighted by Gasteiger charge is -2.16. The molecule has 0 spiro atoms. The van der Waals surface area contributed by atoms with Crippen LogP contribution in [0.15, 0.2) is 42.0 Å². The highest BCUT2D eigenvalue weighted by molar-refractivity contribution is 7.09. The predicted octanol–water partition coefficient (Wildman–Crippen LogP) is 0.970. The van der Waals surface area contributed by atoms with Gasteiger partial charge in [-0.15, -0.1) is 16.4 Å². The maximum Gasteiger partial charge on any atom is 0.355 e. The van der Waals surface area contributed by atoms with E-state index in [0.29, 0.717) is 24.4 Å². The molecule has 0 saturated heterocycles. The van der Waals surface area contributed by atoms with Crippen LogP contribution in [0.1, 0.15) is 27.1 Å². The molecule has 1 amide bonds. The molecule has 2 aromatic heterocycles. The SMILES string of the molecule is O=C(O)c1csc(CCNC(=O)[C@H](Cc2ccccc2)n2cnnn2)n1. The molecule has 134 valence electrons. The molecule has 3 aromatic rings. The van der Waals surface area contributed by atoms with Crippen LogP contribution < -0.4 is 5.32 Å². The number of amides is 1. The molecule has 0 fully saturated rings. The fraction of sp³-hybridized carbons (Fsp3) is 0.250. The number of aromatic carboxylic acids is 1. The molecule has 26 heavy (non-hydrogen) atoms. The normalized spacial score (nSPS) is 11.8. The molecule has 1 aromatic carbocycles. The van der Waals surface area contributed by atoms with Crippen LogP contribution in [0.3, 0.4) is 0 Å². The number of aromatic nitrogens is 5. The van der Waals surface area contributed by atoms with Gasteiger partial charge in [0, 0.05) is 24.8 Å². The molecule has 2 heterocycles. The van der Waals surface area contributed by atoms with Crippen LogP contribution in [0, 0.1) is 0 Å². The summed E-state index contributed by atoms with van der Waals surface area (Å²) in [5.41, 5.74) is 1.01. The van der Waals surface area contributed by atoms with E-state index >= 15 is 0 Å². The highest BCUT2D eigenvalue weighted by atomic mass is 32.1. The number of benzene rings is 1. The molecule has 0 unspecified atom stereocenters. The summed E-state index contributed by atoms with van der Waals surface area (Å²) in [4.78, 5) is 27.5. The third-order valence-corrected chi connectivity index (χ3v) is 4.58. The Labute approximate surface area is 152 Å². The monoisotopic (exact) mass is 372 g/mol. The Bertz CT molecular complexity index is 865. The van der Waals surface area contributed by atoms with Gasteiger partial charge in [0.15, 0.2) is 5.69 Å². The minimum atomic E-state index is -1.06. The number of carboxylic acids is 1. The van der Waals surface area contributed by atoms with Gasteiger partial charge in [-0.2, -0.15) is 0 Å². The molecular formula is C16H16N6O3S. The van der Waals surface area contributed by atoms with Crippen LogP contribution in [0.5, 0.6) is 0 Å². The number of hydrogen-bond acceptors (Lipinski definition) is 7. The second kappa shape index (κ2) is 8.30. The molecule has 0 saturated carbocycles. The highest BCUT2D eigenvalue weighted by Gasteiger charge is 2.22. The van der Waals surface area contributed by atoms with Crippen LogP contribution in [-0.4, -0.2) is 48.7 Å². The fourth-order valence-electron chi connectivity index (χ4n) is 2.39. The number of rotatable bonds is 8. The van der Waals surface area contributed by atoms with E-state index in [2.05, 4.69) is 25.8 Å². The third kappa shape index (κ3) is 4.48. The first-order chi connectivity index (χ1) is 12.6. The van der Waals surface area contributed by atoms with Gasteiger partial charge in [0.2, 0.25) is 5.91 Å². The Morgan fingerprint density at radius 2 is 2.08 bits per heavy atom. The number of nitrogens with zero attached hydrogens (tertiary/aromatic N) is 5. The highest BCUT2D eigenvalue weighted by Crippen LogP contribution is 2.14. The molecule has 0 aliphatic heterocycles. The summed E-state index contributed by atoms with van der Waals surface area (Å²) in [5, 5.41) is 24.9. The zero-order valence-electron chi connectivity index (χ0n) is 13.6. The summed E-state index contributed by atoms with van der Waals surface area (Å²) in [5.74, 6) is -1.27. The second-order valence-electron chi connectivity index (χ2n) is 5.47. The summed E-state index contributed by atoms with van der Waals surface area (Å²) in [6.07, 6.45) is 2.32. The van der Waals surface area contributed by atoms with Gasteiger partial charge in [0.25, 0.3) is 0 Å². The molecule has 3 rings (SSSR count). The van der Waals surface area contributed by atoms with Gasteiger partial charge in [0.1, 0.15) is 12.4 Å². The molecule has 0 aliphatic rings. The van der Waals surface area contributed by atoms with E-state index in [0.717, 1.165) is 5.56 Å². The Hall–Kier alpha value is -3.14. The first-order valence-corrected chi connectivity index (χ1v) is 8.73. The van der Waals surface area contributed by atoms with Crippen molar-refractivity contribution in [1.82, 2.24) is 30.5 Å². The van der Waals surface area contributed by atoms with E-state index in [-0.39, 0.29) is 11.6 Å². The van der Waals surface area contributed by atoms with Crippen molar-refractivity contribution in [3.05, 3.63) is 58.3 Å². The molecule has 9 nitrogen and oxygen atoms in total. The number of carboxylic acid groups (broad SMARTS) is 1. The van der Waals surface area contributed by atoms with E-state index in [4.69, 9.17) is 5.11 Å². The smallest absolute Gasteiger partial charge is 0.355 e. The van der Waals surface area contributed by atoms with Crippen molar-refractivity contribution < 1.29 is 14.7 Å². The van der Waals surface area contributed by atoms with Gasteiger partial charge in [0.05, 0.1) is 5.01 Å². The Balaban J connectivity index is 1.61. The number of tetrazole rings is 1. The number of carbonyl (C=O) groups is 2. The summed E-state index contributed by atoms with van der Waals surface area (Å²) < 4.78 is 1.42. The predicted molar refractivity (Wildman–Crippen MR) is 92.8 cm³/mol. The zero-order chi connectivity index (χ0) is 18.4. The number of carbonyl (C=O) groups excluding carboxylic acids is 1. The number of hydrogen-bond donors (Lipinski definition) is 2. The maximum atomic E-state index is 12.6. The summed E-state index contributed by atoms with van der Waals surface area (Å²) in [6, 6.07) is 9.04. The largest absolute Gasteiger partial charge is 0.476 e. The molecule has 0 aliphatic carbocycles. The lowest BCUT2D eigenvalue weighted by molar-refractivity contribution is -0.124. The first-order valence-electron chi connectivity index (χ1n) is 7.85. The maximum absolute atomic E-state index is 12.6. The summed E-state index contributed by atoms with van der Waals surface area (Å²) in [6.45, 7) is 0.346. The third-order valence-electron chi connectivity index (χ3n) is 3.67. The van der Waals surface area contributed by atoms with Crippen molar-refractivity contribution in [3.8, 4) is 0 Å². The van der Waals surface area contributed by atoms with E-state index < -0.39 is 12.0 Å². The van der Waals surface area contributed by atoms with Crippen LogP contribution in [0.25, 0.3) is 0 Å². The minimum absolute atomic E-state index is 0.0203. The molecule has 1 atom stereocenters. The van der Waals surface area contributed by atoms with Crippen LogP contribution >= 0.6 is 11.3 Å². The first kappa shape index (κ1) is 17.7. The number of thiazole rings is 1. The Morgan fingerprint density at radius 1 is 1.27 bits per heavy atom. The average Bonchev–Trinajstić information content (AvgIpc) is 3.32. The molecule has 2 N–H and O–H groups in total. The van der Waals surface area contributed by atoms with Crippen LogP contribution in [-0.2, 0) is 17.6 Å². The molecule has 0 bridgehead atoms. The van der Waals surface area contributed by atoms with Crippen LogP contribution in [0.2, 0.25) is 0 Å². The van der Waals surface area contributed by atoms with Crippen molar-refractivity contribution in [2.45, 2.75) is 18.9 Å². The van der Waals surface area contributed by atoms with Crippen LogP contribution in [0.4, 0.5) is 0 Å². The molecule has 10 heteroatoms. The van der Waals surface area contributed by atoms with Crippen molar-refractivity contribution in [2.24, 2.45) is 0 Å². The van der Waals surface area contributed by atoms with E-state index in [1.807, 2.05) is 30.3 Å². The Kier molecular flexibility index (Phi) is 5.64. The molecular weight excluding hydrogens is 356 g/mol. The second-order valence-corrected chi connectivity index (χ2v) is 6.41. The van der Waals surface area contributed by atoms with Crippen molar-refractivity contribution in [2.75, 3.05) is 6.54 Å². The van der Waals surface area contributed by atoms with E-state index in [9.17, 15) is 9.59 Å². The van der Waals surface area contributed by atoms with Crippen molar-refractivity contribution in [1.29, 1.82) is 0 Å². The van der Waals surface area contributed by atoms with Gasteiger partial charge in [-0.1, -0.05) is 30.3 Å². The number of nitrogens with one attached hydrogen (secondary N) is 1. The summed E-state index contributed by atoms with van der Waals surface area (Å²) >= 11 is 1.26. The standard InChI is InChI=1S/C16H16N6O3S/c23-15(17-7-6-14-19-12(9-26-14)16(24)25)13(22-10-18-20-21-22)8-11-4-2-1-3-5-11/h1-5,9-10,13H,6-8H2,(H,17,23)(H,24,25)/t13-/m0/s1. The lowest BCUT2D eigenvalue weighted by Crippen LogP contribution is -2.35. The van der Waals surface area contributed by atoms with Crippen molar-refractivity contribution >= 4 is 23.2 Å². The van der Waals surface area contributed by atoms with Gasteiger partial charge < -0.3 is 10.4 Å². The van der Waals surface area contributed by atoms with E-state index in [1.54, 1.807) is 0 Å². The van der Waals surface area contributed by atoms with Gasteiger partial charge >= 0.3 is 5.97 Å². The topological polar surface area (TPSA) is 123 Å². The van der Waals surface area contributed by atoms with E-state index in [1.165, 1.54) is 27.7 Å². The molecule has 0 radical (unpaired) electrons.